The molecule has 4 nitrogen and oxygen atoms in total. The second kappa shape index (κ2) is 5.21. The Morgan fingerprint density at radius 1 is 1.16 bits per heavy atom. The Morgan fingerprint density at radius 2 is 1.84 bits per heavy atom. The topological polar surface area (TPSA) is 35.6 Å². The Bertz CT molecular complexity index is 442. The molecule has 1 atom stereocenters. The van der Waals surface area contributed by atoms with E-state index in [0.29, 0.717) is 6.04 Å². The largest absolute Gasteiger partial charge is 0.325 e. The molecule has 2 aliphatic heterocycles. The fourth-order valence-electron chi connectivity index (χ4n) is 3.19. The van der Waals surface area contributed by atoms with Crippen molar-refractivity contribution in [2.45, 2.75) is 24.9 Å². The van der Waals surface area contributed by atoms with Gasteiger partial charge in [-0.1, -0.05) is 30.3 Å². The number of carbonyl (C=O) groups is 1. The zero-order chi connectivity index (χ0) is 13.2. The lowest BCUT2D eigenvalue weighted by molar-refractivity contribution is 0.151. The van der Waals surface area contributed by atoms with Gasteiger partial charge < -0.3 is 15.1 Å². The molecule has 3 rings (SSSR count). The third-order valence-electron chi connectivity index (χ3n) is 4.22. The fraction of sp³-hybridized carbons (Fsp3) is 0.533. The molecule has 2 heterocycles. The third-order valence-corrected chi connectivity index (χ3v) is 4.22. The number of benzene rings is 1. The quantitative estimate of drug-likeness (QED) is 0.879. The molecule has 0 aliphatic carbocycles. The Labute approximate surface area is 114 Å². The molecule has 0 aromatic heterocycles. The van der Waals surface area contributed by atoms with Gasteiger partial charge in [0.15, 0.2) is 0 Å². The minimum Gasteiger partial charge on any atom is -0.325 e. The predicted molar refractivity (Wildman–Crippen MR) is 74.9 cm³/mol. The van der Waals surface area contributed by atoms with Gasteiger partial charge in [0.05, 0.1) is 6.04 Å². The summed E-state index contributed by atoms with van der Waals surface area (Å²) in [7, 11) is 1.90. The Kier molecular flexibility index (Phi) is 3.42. The Hall–Kier alpha value is -1.55. The first-order valence-electron chi connectivity index (χ1n) is 7.06. The normalized spacial score (nSPS) is 25.1. The second-order valence-electron chi connectivity index (χ2n) is 5.48. The molecule has 0 bridgehead atoms. The van der Waals surface area contributed by atoms with Gasteiger partial charge >= 0.3 is 6.03 Å². The molecule has 0 spiro atoms. The van der Waals surface area contributed by atoms with Gasteiger partial charge in [-0.3, -0.25) is 0 Å². The van der Waals surface area contributed by atoms with E-state index >= 15 is 0 Å². The van der Waals surface area contributed by atoms with Crippen molar-refractivity contribution in [3.05, 3.63) is 35.9 Å². The summed E-state index contributed by atoms with van der Waals surface area (Å²) in [4.78, 5) is 16.4. The van der Waals surface area contributed by atoms with Gasteiger partial charge in [-0.05, 0) is 31.5 Å². The molecule has 2 aliphatic rings. The number of urea groups is 1. The van der Waals surface area contributed by atoms with Crippen molar-refractivity contribution >= 4 is 6.03 Å². The van der Waals surface area contributed by atoms with Crippen LogP contribution in [-0.2, 0) is 0 Å². The van der Waals surface area contributed by atoms with Gasteiger partial charge in [0.25, 0.3) is 0 Å². The fourth-order valence-corrected chi connectivity index (χ4v) is 3.19. The highest BCUT2D eigenvalue weighted by Gasteiger charge is 2.40. The lowest BCUT2D eigenvalue weighted by atomic mass is 10.00. The Morgan fingerprint density at radius 3 is 2.53 bits per heavy atom. The van der Waals surface area contributed by atoms with Gasteiger partial charge in [0, 0.05) is 19.6 Å². The van der Waals surface area contributed by atoms with Crippen LogP contribution in [0.3, 0.4) is 0 Å². The average Bonchev–Trinajstić information content (AvgIpc) is 2.77. The monoisotopic (exact) mass is 259 g/mol. The van der Waals surface area contributed by atoms with Gasteiger partial charge in [0.1, 0.15) is 0 Å². The number of nitrogens with one attached hydrogen (secondary N) is 1. The zero-order valence-electron chi connectivity index (χ0n) is 11.4. The zero-order valence-corrected chi connectivity index (χ0v) is 11.4. The lowest BCUT2D eigenvalue weighted by Gasteiger charge is -2.35. The van der Waals surface area contributed by atoms with Crippen molar-refractivity contribution in [1.82, 2.24) is 15.1 Å². The molecule has 1 N–H and O–H groups in total. The average molecular weight is 259 g/mol. The highest BCUT2D eigenvalue weighted by Crippen LogP contribution is 2.32. The van der Waals surface area contributed by atoms with Gasteiger partial charge in [-0.25, -0.2) is 4.79 Å². The molecule has 4 heteroatoms. The summed E-state index contributed by atoms with van der Waals surface area (Å²) in [5.41, 5.74) is 1.25. The summed E-state index contributed by atoms with van der Waals surface area (Å²) in [6, 6.07) is 11.2. The van der Waals surface area contributed by atoms with Crippen molar-refractivity contribution < 1.29 is 4.79 Å². The number of amides is 2. The van der Waals surface area contributed by atoms with Crippen molar-refractivity contribution in [3.8, 4) is 0 Å². The molecule has 1 aromatic rings. The molecule has 0 radical (unpaired) electrons. The molecule has 102 valence electrons. The minimum atomic E-state index is 0.181. The number of hydrogen-bond donors (Lipinski definition) is 1. The third kappa shape index (κ3) is 2.32. The summed E-state index contributed by atoms with van der Waals surface area (Å²) >= 11 is 0. The molecule has 0 saturated carbocycles. The van der Waals surface area contributed by atoms with Crippen LogP contribution >= 0.6 is 0 Å². The van der Waals surface area contributed by atoms with E-state index in [-0.39, 0.29) is 12.1 Å². The van der Waals surface area contributed by atoms with Crippen LogP contribution < -0.4 is 5.32 Å². The number of nitrogens with zero attached hydrogens (tertiary/aromatic N) is 2. The summed E-state index contributed by atoms with van der Waals surface area (Å²) in [6.45, 7) is 2.83. The molecule has 2 fully saturated rings. The van der Waals surface area contributed by atoms with Crippen LogP contribution in [0.1, 0.15) is 24.4 Å². The number of hydrogen-bond acceptors (Lipinski definition) is 2. The van der Waals surface area contributed by atoms with E-state index in [4.69, 9.17) is 0 Å². The Balaban J connectivity index is 1.87. The highest BCUT2D eigenvalue weighted by molar-refractivity contribution is 5.77. The summed E-state index contributed by atoms with van der Waals surface area (Å²) in [5, 5.41) is 3.37. The summed E-state index contributed by atoms with van der Waals surface area (Å²) < 4.78 is 0. The van der Waals surface area contributed by atoms with E-state index in [1.54, 1.807) is 0 Å². The van der Waals surface area contributed by atoms with Crippen molar-refractivity contribution in [2.75, 3.05) is 26.7 Å². The summed E-state index contributed by atoms with van der Waals surface area (Å²) in [6.07, 6.45) is 2.12. The molecular weight excluding hydrogens is 238 g/mol. The smallest absolute Gasteiger partial charge is 0.320 e. The molecule has 19 heavy (non-hydrogen) atoms. The maximum Gasteiger partial charge on any atom is 0.320 e. The maximum absolute atomic E-state index is 12.4. The van der Waals surface area contributed by atoms with E-state index in [1.807, 2.05) is 18.0 Å². The second-order valence-corrected chi connectivity index (χ2v) is 5.48. The molecule has 1 aromatic carbocycles. The van der Waals surface area contributed by atoms with Crippen LogP contribution in [0.5, 0.6) is 0 Å². The first-order valence-corrected chi connectivity index (χ1v) is 7.06. The SMILES string of the molecule is CN1C[C@@H](c2ccccc2)N(C2CCNCC2)C1=O. The number of carbonyl (C=O) groups excluding carboxylic acids is 1. The van der Waals surface area contributed by atoms with Crippen LogP contribution in [0.25, 0.3) is 0 Å². The van der Waals surface area contributed by atoms with E-state index in [1.165, 1.54) is 5.56 Å². The van der Waals surface area contributed by atoms with Crippen molar-refractivity contribution in [1.29, 1.82) is 0 Å². The van der Waals surface area contributed by atoms with E-state index in [9.17, 15) is 4.79 Å². The number of likely N-dealkylation sites (N-methyl/N-ethyl adjacent to an activating group) is 1. The van der Waals surface area contributed by atoms with Crippen molar-refractivity contribution in [2.24, 2.45) is 0 Å². The maximum atomic E-state index is 12.4. The van der Waals surface area contributed by atoms with Gasteiger partial charge in [-0.2, -0.15) is 0 Å². The van der Waals surface area contributed by atoms with Crippen LogP contribution in [0.4, 0.5) is 4.79 Å². The lowest BCUT2D eigenvalue weighted by Crippen LogP contribution is -2.45. The molecular formula is C15H21N3O. The predicted octanol–water partition coefficient (Wildman–Crippen LogP) is 1.85. The standard InChI is InChI=1S/C15H21N3O/c1-17-11-14(12-5-3-2-4-6-12)18(15(17)19)13-7-9-16-10-8-13/h2-6,13-14,16H,7-11H2,1H3/t14-/m0/s1. The van der Waals surface area contributed by atoms with Crippen LogP contribution in [0, 0.1) is 0 Å². The first kappa shape index (κ1) is 12.5. The van der Waals surface area contributed by atoms with E-state index in [0.717, 1.165) is 32.5 Å². The van der Waals surface area contributed by atoms with Crippen molar-refractivity contribution in [3.63, 3.8) is 0 Å². The first-order chi connectivity index (χ1) is 9.27. The van der Waals surface area contributed by atoms with Gasteiger partial charge in [0.2, 0.25) is 0 Å². The van der Waals surface area contributed by atoms with Crippen LogP contribution in [0.15, 0.2) is 30.3 Å². The molecule has 0 unspecified atom stereocenters. The number of rotatable bonds is 2. The van der Waals surface area contributed by atoms with E-state index < -0.39 is 0 Å². The summed E-state index contributed by atoms with van der Waals surface area (Å²) in [5.74, 6) is 0. The highest BCUT2D eigenvalue weighted by atomic mass is 16.2. The van der Waals surface area contributed by atoms with E-state index in [2.05, 4.69) is 34.5 Å². The molecule has 2 amide bonds. The molecule has 2 saturated heterocycles. The van der Waals surface area contributed by atoms with Crippen LogP contribution in [-0.4, -0.2) is 48.6 Å². The number of piperidine rings is 1. The van der Waals surface area contributed by atoms with Gasteiger partial charge in [-0.15, -0.1) is 0 Å². The van der Waals surface area contributed by atoms with Crippen LogP contribution in [0.2, 0.25) is 0 Å². The minimum absolute atomic E-state index is 0.181.